The molecule has 2 fully saturated rings. The molecular formula is C13H21N5O2. The Labute approximate surface area is 117 Å². The number of nitrogens with one attached hydrogen (secondary N) is 2. The maximum Gasteiger partial charge on any atom is 0.273 e. The van der Waals surface area contributed by atoms with E-state index in [0.29, 0.717) is 18.3 Å². The van der Waals surface area contributed by atoms with Crippen molar-refractivity contribution >= 4 is 5.91 Å². The summed E-state index contributed by atoms with van der Waals surface area (Å²) in [6, 6.07) is 0.331. The average Bonchev–Trinajstić information content (AvgIpc) is 3.12. The first-order valence-electron chi connectivity index (χ1n) is 7.24. The van der Waals surface area contributed by atoms with Gasteiger partial charge in [-0.25, -0.2) is 4.68 Å². The summed E-state index contributed by atoms with van der Waals surface area (Å²) in [5, 5.41) is 23.4. The Hall–Kier alpha value is -1.47. The molecule has 1 saturated heterocycles. The van der Waals surface area contributed by atoms with Gasteiger partial charge in [-0.15, -0.1) is 5.10 Å². The Kier molecular flexibility index (Phi) is 3.71. The summed E-state index contributed by atoms with van der Waals surface area (Å²) in [4.78, 5) is 12.0. The smallest absolute Gasteiger partial charge is 0.273 e. The fourth-order valence-electron chi connectivity index (χ4n) is 2.56. The normalized spacial score (nSPS) is 21.6. The second-order valence-corrected chi connectivity index (χ2v) is 5.91. The Bertz CT molecular complexity index is 477. The van der Waals surface area contributed by atoms with Crippen molar-refractivity contribution in [2.24, 2.45) is 5.41 Å². The van der Waals surface area contributed by atoms with E-state index in [1.54, 1.807) is 10.9 Å². The molecule has 1 aromatic rings. The van der Waals surface area contributed by atoms with Crippen LogP contribution in [-0.4, -0.2) is 52.2 Å². The molecule has 1 amide bonds. The molecule has 0 bridgehead atoms. The van der Waals surface area contributed by atoms with Crippen molar-refractivity contribution in [1.29, 1.82) is 0 Å². The highest BCUT2D eigenvalue weighted by atomic mass is 16.3. The Morgan fingerprint density at radius 3 is 2.90 bits per heavy atom. The summed E-state index contributed by atoms with van der Waals surface area (Å²) in [7, 11) is 0. The summed E-state index contributed by atoms with van der Waals surface area (Å²) in [6.45, 7) is 2.60. The second-order valence-electron chi connectivity index (χ2n) is 5.91. The van der Waals surface area contributed by atoms with Crippen LogP contribution in [0.4, 0.5) is 0 Å². The topological polar surface area (TPSA) is 92.1 Å². The molecular weight excluding hydrogens is 258 g/mol. The van der Waals surface area contributed by atoms with E-state index in [1.165, 1.54) is 0 Å². The highest BCUT2D eigenvalue weighted by molar-refractivity contribution is 5.91. The van der Waals surface area contributed by atoms with Crippen LogP contribution in [0.25, 0.3) is 0 Å². The van der Waals surface area contributed by atoms with Gasteiger partial charge < -0.3 is 15.7 Å². The van der Waals surface area contributed by atoms with Crippen LogP contribution in [0.5, 0.6) is 0 Å². The Balaban J connectivity index is 1.56. The number of hydrogen-bond donors (Lipinski definition) is 3. The third-order valence-electron chi connectivity index (χ3n) is 4.34. The molecule has 3 N–H and O–H groups in total. The van der Waals surface area contributed by atoms with E-state index in [-0.39, 0.29) is 17.9 Å². The maximum absolute atomic E-state index is 12.0. The lowest BCUT2D eigenvalue weighted by atomic mass is 10.1. The van der Waals surface area contributed by atoms with Gasteiger partial charge in [-0.3, -0.25) is 4.79 Å². The molecule has 0 radical (unpaired) electrons. The van der Waals surface area contributed by atoms with E-state index in [2.05, 4.69) is 20.9 Å². The lowest BCUT2D eigenvalue weighted by Crippen LogP contribution is -2.32. The zero-order valence-corrected chi connectivity index (χ0v) is 11.5. The van der Waals surface area contributed by atoms with Crippen LogP contribution in [-0.2, 0) is 0 Å². The molecule has 1 aromatic heterocycles. The van der Waals surface area contributed by atoms with Gasteiger partial charge in [0, 0.05) is 12.0 Å². The average molecular weight is 279 g/mol. The van der Waals surface area contributed by atoms with E-state index in [4.69, 9.17) is 0 Å². The number of piperidine rings is 1. The zero-order valence-electron chi connectivity index (χ0n) is 11.5. The van der Waals surface area contributed by atoms with Gasteiger partial charge in [0.15, 0.2) is 5.69 Å². The number of rotatable bonds is 5. The molecule has 1 aliphatic carbocycles. The number of aliphatic hydroxyl groups is 1. The number of carbonyl (C=O) groups is 1. The maximum atomic E-state index is 12.0. The van der Waals surface area contributed by atoms with E-state index in [1.807, 2.05) is 0 Å². The van der Waals surface area contributed by atoms with Crippen molar-refractivity contribution in [2.45, 2.75) is 31.7 Å². The summed E-state index contributed by atoms with van der Waals surface area (Å²) < 4.78 is 1.80. The molecule has 0 unspecified atom stereocenters. The molecule has 20 heavy (non-hydrogen) atoms. The lowest BCUT2D eigenvalue weighted by Gasteiger charge is -2.22. The molecule has 0 aromatic carbocycles. The minimum atomic E-state index is -0.204. The van der Waals surface area contributed by atoms with E-state index in [0.717, 1.165) is 38.8 Å². The van der Waals surface area contributed by atoms with Gasteiger partial charge in [-0.05, 0) is 38.8 Å². The predicted molar refractivity (Wildman–Crippen MR) is 72.2 cm³/mol. The zero-order chi connectivity index (χ0) is 14.0. The molecule has 0 spiro atoms. The molecule has 2 aliphatic rings. The van der Waals surface area contributed by atoms with Crippen LogP contribution in [0.15, 0.2) is 6.20 Å². The summed E-state index contributed by atoms with van der Waals surface area (Å²) in [6.07, 6.45) is 5.71. The molecule has 7 nitrogen and oxygen atoms in total. The number of carbonyl (C=O) groups excluding carboxylic acids is 1. The van der Waals surface area contributed by atoms with Crippen molar-refractivity contribution in [3.63, 3.8) is 0 Å². The van der Waals surface area contributed by atoms with E-state index < -0.39 is 0 Å². The first kappa shape index (κ1) is 13.5. The van der Waals surface area contributed by atoms with Gasteiger partial charge in [-0.2, -0.15) is 0 Å². The van der Waals surface area contributed by atoms with Crippen LogP contribution < -0.4 is 10.6 Å². The second kappa shape index (κ2) is 5.49. The minimum Gasteiger partial charge on any atom is -0.396 e. The molecule has 0 atom stereocenters. The van der Waals surface area contributed by atoms with Gasteiger partial charge in [-0.1, -0.05) is 5.21 Å². The lowest BCUT2D eigenvalue weighted by molar-refractivity contribution is 0.0930. The largest absolute Gasteiger partial charge is 0.396 e. The van der Waals surface area contributed by atoms with Crippen molar-refractivity contribution < 1.29 is 9.90 Å². The molecule has 2 heterocycles. The SMILES string of the molecule is O=C(NCC1(CO)CC1)c1cn(C2CCNCC2)nn1. The fraction of sp³-hybridized carbons (Fsp3) is 0.769. The molecule has 1 aliphatic heterocycles. The standard InChI is InChI=1S/C13H21N5O2/c19-9-13(3-4-13)8-15-12(20)11-7-18(17-16-11)10-1-5-14-6-2-10/h7,10,14,19H,1-6,8-9H2,(H,15,20). The molecule has 1 saturated carbocycles. The van der Waals surface area contributed by atoms with Crippen molar-refractivity contribution in [1.82, 2.24) is 25.6 Å². The highest BCUT2D eigenvalue weighted by Crippen LogP contribution is 2.44. The van der Waals surface area contributed by atoms with Gasteiger partial charge in [0.05, 0.1) is 18.8 Å². The van der Waals surface area contributed by atoms with Gasteiger partial charge >= 0.3 is 0 Å². The van der Waals surface area contributed by atoms with Gasteiger partial charge in [0.2, 0.25) is 0 Å². The predicted octanol–water partition coefficient (Wildman–Crippen LogP) is -0.295. The molecule has 7 heteroatoms. The van der Waals surface area contributed by atoms with Crippen LogP contribution >= 0.6 is 0 Å². The van der Waals surface area contributed by atoms with Crippen molar-refractivity contribution in [2.75, 3.05) is 26.2 Å². The summed E-state index contributed by atoms with van der Waals surface area (Å²) in [5.74, 6) is -0.204. The van der Waals surface area contributed by atoms with E-state index >= 15 is 0 Å². The number of aliphatic hydroxyl groups excluding tert-OH is 1. The van der Waals surface area contributed by atoms with Crippen LogP contribution in [0.1, 0.15) is 42.2 Å². The van der Waals surface area contributed by atoms with Crippen LogP contribution in [0, 0.1) is 5.41 Å². The molecule has 110 valence electrons. The monoisotopic (exact) mass is 279 g/mol. The number of aromatic nitrogens is 3. The third-order valence-corrected chi connectivity index (χ3v) is 4.34. The summed E-state index contributed by atoms with van der Waals surface area (Å²) in [5.41, 5.74) is 0.276. The van der Waals surface area contributed by atoms with Crippen molar-refractivity contribution in [3.05, 3.63) is 11.9 Å². The Morgan fingerprint density at radius 1 is 1.50 bits per heavy atom. The van der Waals surface area contributed by atoms with Crippen LogP contribution in [0.2, 0.25) is 0 Å². The van der Waals surface area contributed by atoms with Crippen LogP contribution in [0.3, 0.4) is 0 Å². The third kappa shape index (κ3) is 2.83. The van der Waals surface area contributed by atoms with Gasteiger partial charge in [0.1, 0.15) is 0 Å². The Morgan fingerprint density at radius 2 is 2.25 bits per heavy atom. The highest BCUT2D eigenvalue weighted by Gasteiger charge is 2.42. The quantitative estimate of drug-likeness (QED) is 0.688. The van der Waals surface area contributed by atoms with Gasteiger partial charge in [0.25, 0.3) is 5.91 Å². The number of nitrogens with zero attached hydrogens (tertiary/aromatic N) is 3. The fourth-order valence-corrected chi connectivity index (χ4v) is 2.56. The summed E-state index contributed by atoms with van der Waals surface area (Å²) >= 11 is 0. The minimum absolute atomic E-state index is 0.0826. The van der Waals surface area contributed by atoms with Crippen molar-refractivity contribution in [3.8, 4) is 0 Å². The first-order valence-corrected chi connectivity index (χ1v) is 7.24. The number of hydrogen-bond acceptors (Lipinski definition) is 5. The first-order chi connectivity index (χ1) is 9.72. The van der Waals surface area contributed by atoms with E-state index in [9.17, 15) is 9.90 Å². The number of amides is 1. The molecule has 3 rings (SSSR count).